The van der Waals surface area contributed by atoms with Crippen LogP contribution in [-0.2, 0) is 24.4 Å². The van der Waals surface area contributed by atoms with Crippen LogP contribution in [0, 0.1) is 11.8 Å². The molecule has 2 N–H and O–H groups in total. The van der Waals surface area contributed by atoms with Crippen LogP contribution in [0.4, 0.5) is 0 Å². The van der Waals surface area contributed by atoms with Crippen LogP contribution in [-0.4, -0.2) is 56.9 Å². The number of halogens is 3. The summed E-state index contributed by atoms with van der Waals surface area (Å²) in [6.07, 6.45) is 1.50. The number of H-pyrrole nitrogens is 1. The number of nitrogens with one attached hydrogen (secondary N) is 2. The van der Waals surface area contributed by atoms with Gasteiger partial charge in [-0.3, -0.25) is 19.6 Å². The van der Waals surface area contributed by atoms with Crippen molar-refractivity contribution in [3.63, 3.8) is 0 Å². The molecule has 2 aromatic heterocycles. The Balaban J connectivity index is 1.47. The van der Waals surface area contributed by atoms with E-state index in [0.717, 1.165) is 24.2 Å². The molecule has 1 aliphatic rings. The maximum atomic E-state index is 13.5. The van der Waals surface area contributed by atoms with Crippen LogP contribution < -0.4 is 10.7 Å². The first-order valence-corrected chi connectivity index (χ1v) is 13.3. The van der Waals surface area contributed by atoms with E-state index in [-0.39, 0.29) is 23.9 Å². The summed E-state index contributed by atoms with van der Waals surface area (Å²) in [5.41, 5.74) is 2.06. The van der Waals surface area contributed by atoms with Gasteiger partial charge in [-0.2, -0.15) is 5.10 Å². The summed E-state index contributed by atoms with van der Waals surface area (Å²) in [6, 6.07) is 10.8. The molecule has 12 heteroatoms. The molecule has 1 amide bonds. The predicted octanol–water partition coefficient (Wildman–Crippen LogP) is 3.89. The molecule has 1 saturated heterocycles. The lowest BCUT2D eigenvalue weighted by atomic mass is 10.0. The number of rotatable bonds is 6. The molecule has 1 aliphatic heterocycles. The largest absolute Gasteiger partial charge is 0.379 e. The van der Waals surface area contributed by atoms with Gasteiger partial charge in [0.1, 0.15) is 5.15 Å². The number of aromatic amines is 1. The Hall–Kier alpha value is -3.39. The molecular weight excluding hydrogens is 563 g/mol. The first-order chi connectivity index (χ1) is 18.9. The maximum Gasteiger partial charge on any atom is 0.276 e. The van der Waals surface area contributed by atoms with Crippen molar-refractivity contribution in [3.8, 4) is 11.8 Å². The summed E-state index contributed by atoms with van der Waals surface area (Å²) in [6.45, 7) is 3.94. The van der Waals surface area contributed by atoms with Gasteiger partial charge >= 0.3 is 0 Å². The van der Waals surface area contributed by atoms with E-state index in [0.29, 0.717) is 46.4 Å². The number of aromatic nitrogens is 4. The van der Waals surface area contributed by atoms with Crippen LogP contribution in [0.15, 0.2) is 47.5 Å². The molecule has 3 heterocycles. The number of hydrogen-bond donors (Lipinski definition) is 2. The van der Waals surface area contributed by atoms with E-state index in [1.807, 2.05) is 6.07 Å². The van der Waals surface area contributed by atoms with Crippen molar-refractivity contribution in [2.45, 2.75) is 19.6 Å². The first kappa shape index (κ1) is 27.2. The highest BCUT2D eigenvalue weighted by molar-refractivity contribution is 6.40. The number of ether oxygens (including phenoxy) is 1. The Bertz CT molecular complexity index is 1630. The highest BCUT2D eigenvalue weighted by Crippen LogP contribution is 2.20. The topological polar surface area (TPSA) is 105 Å². The summed E-state index contributed by atoms with van der Waals surface area (Å²) in [4.78, 5) is 32.6. The molecule has 0 unspecified atom stereocenters. The van der Waals surface area contributed by atoms with Crippen molar-refractivity contribution >= 4 is 51.6 Å². The maximum absolute atomic E-state index is 13.5. The third-order valence-electron chi connectivity index (χ3n) is 6.23. The van der Waals surface area contributed by atoms with Crippen molar-refractivity contribution in [2.75, 3.05) is 26.3 Å². The zero-order chi connectivity index (χ0) is 27.4. The Morgan fingerprint density at radius 3 is 2.59 bits per heavy atom. The number of hydrogen-bond acceptors (Lipinski definition) is 6. The molecule has 4 aromatic rings. The molecule has 200 valence electrons. The Labute approximate surface area is 239 Å². The average Bonchev–Trinajstić information content (AvgIpc) is 3.26. The number of carbonyl (C=O) groups is 1. The van der Waals surface area contributed by atoms with E-state index in [2.05, 4.69) is 37.2 Å². The fourth-order valence-corrected chi connectivity index (χ4v) is 4.62. The third kappa shape index (κ3) is 6.44. The van der Waals surface area contributed by atoms with Gasteiger partial charge in [-0.25, -0.2) is 4.98 Å². The van der Waals surface area contributed by atoms with Crippen molar-refractivity contribution in [1.29, 1.82) is 0 Å². The Kier molecular flexibility index (Phi) is 8.50. The van der Waals surface area contributed by atoms with Gasteiger partial charge in [0.05, 0.1) is 42.6 Å². The number of carbonyl (C=O) groups excluding carboxylic acids is 1. The summed E-state index contributed by atoms with van der Waals surface area (Å²) >= 11 is 18.0. The molecule has 0 radical (unpaired) electrons. The molecule has 0 bridgehead atoms. The Morgan fingerprint density at radius 1 is 1.10 bits per heavy atom. The molecule has 5 rings (SSSR count). The first-order valence-electron chi connectivity index (χ1n) is 12.1. The highest BCUT2D eigenvalue weighted by atomic mass is 35.5. The number of imidazole rings is 1. The van der Waals surface area contributed by atoms with E-state index in [1.165, 1.54) is 6.33 Å². The molecule has 0 spiro atoms. The number of fused-ring (bicyclic) bond motifs is 1. The van der Waals surface area contributed by atoms with Crippen molar-refractivity contribution in [1.82, 2.24) is 30.0 Å². The number of benzene rings is 2. The van der Waals surface area contributed by atoms with Crippen LogP contribution in [0.1, 0.15) is 27.2 Å². The van der Waals surface area contributed by atoms with Crippen molar-refractivity contribution in [3.05, 3.63) is 90.7 Å². The number of amides is 1. The number of morpholine rings is 1. The van der Waals surface area contributed by atoms with E-state index in [9.17, 15) is 9.59 Å². The Morgan fingerprint density at radius 2 is 1.87 bits per heavy atom. The summed E-state index contributed by atoms with van der Waals surface area (Å²) in [7, 11) is 0. The van der Waals surface area contributed by atoms with Crippen LogP contribution in [0.3, 0.4) is 0 Å². The lowest BCUT2D eigenvalue weighted by molar-refractivity contribution is 0.0342. The lowest BCUT2D eigenvalue weighted by Crippen LogP contribution is -2.35. The van der Waals surface area contributed by atoms with Gasteiger partial charge in [-0.05, 0) is 35.4 Å². The van der Waals surface area contributed by atoms with E-state index >= 15 is 0 Å². The van der Waals surface area contributed by atoms with Gasteiger partial charge in [0.15, 0.2) is 10.8 Å². The van der Waals surface area contributed by atoms with Gasteiger partial charge in [0, 0.05) is 31.2 Å². The normalized spacial score (nSPS) is 13.7. The second-order valence-corrected chi connectivity index (χ2v) is 10.1. The highest BCUT2D eigenvalue weighted by Gasteiger charge is 2.18. The van der Waals surface area contributed by atoms with Crippen LogP contribution in [0.25, 0.3) is 10.9 Å². The number of nitrogens with zero attached hydrogens (tertiary/aromatic N) is 4. The molecule has 0 aliphatic carbocycles. The monoisotopic (exact) mass is 584 g/mol. The minimum absolute atomic E-state index is 0.201. The second-order valence-electron chi connectivity index (χ2n) is 8.92. The molecule has 0 atom stereocenters. The lowest BCUT2D eigenvalue weighted by Gasteiger charge is -2.26. The molecule has 2 aromatic carbocycles. The molecule has 1 fully saturated rings. The summed E-state index contributed by atoms with van der Waals surface area (Å²) < 4.78 is 7.07. The minimum atomic E-state index is -0.578. The van der Waals surface area contributed by atoms with Crippen LogP contribution in [0.5, 0.6) is 0 Å². The van der Waals surface area contributed by atoms with Gasteiger partial charge < -0.3 is 14.6 Å². The van der Waals surface area contributed by atoms with Gasteiger partial charge in [0.25, 0.3) is 5.91 Å². The van der Waals surface area contributed by atoms with Gasteiger partial charge in [-0.15, -0.1) is 0 Å². The molecule has 0 saturated carbocycles. The third-order valence-corrected chi connectivity index (χ3v) is 7.26. The summed E-state index contributed by atoms with van der Waals surface area (Å²) in [5.74, 6) is 5.59. The smallest absolute Gasteiger partial charge is 0.276 e. The van der Waals surface area contributed by atoms with E-state index < -0.39 is 11.3 Å². The van der Waals surface area contributed by atoms with Crippen LogP contribution >= 0.6 is 34.8 Å². The van der Waals surface area contributed by atoms with Crippen molar-refractivity contribution in [2.24, 2.45) is 0 Å². The second kappa shape index (κ2) is 12.2. The van der Waals surface area contributed by atoms with Gasteiger partial charge in [0.2, 0.25) is 5.43 Å². The van der Waals surface area contributed by atoms with Crippen molar-refractivity contribution < 1.29 is 9.53 Å². The zero-order valence-corrected chi connectivity index (χ0v) is 22.9. The SMILES string of the molecule is O=C(NCc1ccc(Cl)cc1)c1n[nH]c2c(C#CCn3cnc(Cl)c3Cl)cc(CN3CCOCC3)cc2c1=O. The molecule has 39 heavy (non-hydrogen) atoms. The minimum Gasteiger partial charge on any atom is -0.379 e. The quantitative estimate of drug-likeness (QED) is 0.333. The predicted molar refractivity (Wildman–Crippen MR) is 150 cm³/mol. The zero-order valence-electron chi connectivity index (χ0n) is 20.6. The average molecular weight is 586 g/mol. The van der Waals surface area contributed by atoms with E-state index in [1.54, 1.807) is 34.9 Å². The fraction of sp³-hybridized carbons (Fsp3) is 0.259. The molecular formula is C27H23Cl3N6O3. The van der Waals surface area contributed by atoms with Crippen LogP contribution in [0.2, 0.25) is 15.3 Å². The standard InChI is InChI=1S/C27H23Cl3N6O3/c28-20-5-3-17(4-6-20)14-31-27(38)23-24(37)21-13-18(15-35-8-10-39-11-9-35)12-19(22(21)33-34-23)2-1-7-36-16-32-25(29)26(36)30/h3-6,12-13,16H,7-11,14-15H2,(H,31,38)(H,33,37). The summed E-state index contributed by atoms with van der Waals surface area (Å²) in [5, 5.41) is 11.2. The van der Waals surface area contributed by atoms with Gasteiger partial charge in [-0.1, -0.05) is 58.8 Å². The fourth-order valence-electron chi connectivity index (χ4n) is 4.19. The molecule has 9 nitrogen and oxygen atoms in total. The van der Waals surface area contributed by atoms with E-state index in [4.69, 9.17) is 39.5 Å².